The SMILES string of the molecule is C.C.C.C.C=C(/C=C(\C)c1ccc(-c2ccccc2)cc1)c1ccc(-c2ccccc2)cc1.C=C(C)C.CC.CC.CCCC. The number of benzene rings is 4. The van der Waals surface area contributed by atoms with E-state index in [0.717, 1.165) is 11.1 Å². The van der Waals surface area contributed by atoms with Crippen molar-refractivity contribution in [3.05, 3.63) is 145 Å². The summed E-state index contributed by atoms with van der Waals surface area (Å²) in [4.78, 5) is 0. The summed E-state index contributed by atoms with van der Waals surface area (Å²) < 4.78 is 0. The molecule has 4 aromatic rings. The lowest BCUT2D eigenvalue weighted by Crippen LogP contribution is -1.85. The summed E-state index contributed by atoms with van der Waals surface area (Å²) in [7, 11) is 0. The molecule has 0 amide bonds. The number of rotatable bonds is 6. The Hall–Kier alpha value is -3.90. The largest absolute Gasteiger partial charge is 0.100 e. The lowest BCUT2D eigenvalue weighted by Gasteiger charge is -2.08. The highest BCUT2D eigenvalue weighted by molar-refractivity contribution is 5.83. The average molecular weight is 611 g/mol. The molecule has 0 unspecified atom stereocenters. The van der Waals surface area contributed by atoms with Crippen LogP contribution in [0.4, 0.5) is 0 Å². The third-order valence-electron chi connectivity index (χ3n) is 5.70. The summed E-state index contributed by atoms with van der Waals surface area (Å²) in [5.41, 5.74) is 10.7. The zero-order valence-corrected chi connectivity index (χ0v) is 27.3. The Kier molecular flexibility index (Phi) is 35.5. The highest BCUT2D eigenvalue weighted by Crippen LogP contribution is 2.26. The highest BCUT2D eigenvalue weighted by Gasteiger charge is 2.03. The van der Waals surface area contributed by atoms with Crippen LogP contribution in [0.2, 0.25) is 0 Å². The molecule has 0 aliphatic heterocycles. The summed E-state index contributed by atoms with van der Waals surface area (Å²) in [6.45, 7) is 26.3. The van der Waals surface area contributed by atoms with E-state index in [0.29, 0.717) is 0 Å². The van der Waals surface area contributed by atoms with Crippen LogP contribution in [0, 0.1) is 0 Å². The molecule has 0 saturated carbocycles. The highest BCUT2D eigenvalue weighted by atomic mass is 14.1. The van der Waals surface area contributed by atoms with Crippen LogP contribution >= 0.6 is 0 Å². The predicted octanol–water partition coefficient (Wildman–Crippen LogP) is 16.1. The van der Waals surface area contributed by atoms with Crippen molar-refractivity contribution >= 4 is 11.1 Å². The van der Waals surface area contributed by atoms with E-state index in [-0.39, 0.29) is 29.7 Å². The monoisotopic (exact) mass is 611 g/mol. The fourth-order valence-corrected chi connectivity index (χ4v) is 3.49. The Morgan fingerprint density at radius 2 is 0.733 bits per heavy atom. The molecule has 250 valence electrons. The number of hydrogen-bond donors (Lipinski definition) is 0. The maximum absolute atomic E-state index is 4.28. The molecular weight excluding hydrogens is 540 g/mol. The van der Waals surface area contributed by atoms with Crippen LogP contribution in [0.3, 0.4) is 0 Å². The molecular formula is C45H70. The summed E-state index contributed by atoms with van der Waals surface area (Å²) in [5.74, 6) is 0. The van der Waals surface area contributed by atoms with Gasteiger partial charge >= 0.3 is 0 Å². The van der Waals surface area contributed by atoms with Crippen molar-refractivity contribution in [2.24, 2.45) is 0 Å². The van der Waals surface area contributed by atoms with Gasteiger partial charge in [0.05, 0.1) is 0 Å². The van der Waals surface area contributed by atoms with Crippen molar-refractivity contribution in [3.63, 3.8) is 0 Å². The van der Waals surface area contributed by atoms with Gasteiger partial charge in [0.15, 0.2) is 0 Å². The van der Waals surface area contributed by atoms with Crippen LogP contribution in [0.25, 0.3) is 33.4 Å². The maximum atomic E-state index is 4.28. The third kappa shape index (κ3) is 20.6. The second-order valence-electron chi connectivity index (χ2n) is 9.45. The van der Waals surface area contributed by atoms with E-state index in [9.17, 15) is 0 Å². The van der Waals surface area contributed by atoms with Crippen LogP contribution in [0.15, 0.2) is 134 Å². The van der Waals surface area contributed by atoms with Gasteiger partial charge < -0.3 is 0 Å². The molecule has 0 aliphatic carbocycles. The van der Waals surface area contributed by atoms with E-state index < -0.39 is 0 Å². The first-order chi connectivity index (χ1) is 19.8. The second-order valence-corrected chi connectivity index (χ2v) is 9.45. The minimum atomic E-state index is 0. The molecule has 0 N–H and O–H groups in total. The Labute approximate surface area is 282 Å². The first-order valence-electron chi connectivity index (χ1n) is 15.2. The fourth-order valence-electron chi connectivity index (χ4n) is 3.49. The van der Waals surface area contributed by atoms with Crippen LogP contribution in [0.5, 0.6) is 0 Å². The molecule has 0 heterocycles. The maximum Gasteiger partial charge on any atom is -0.0184 e. The summed E-state index contributed by atoms with van der Waals surface area (Å²) in [5, 5.41) is 0. The zero-order chi connectivity index (χ0) is 31.0. The normalized spacial score (nSPS) is 8.78. The molecule has 0 aliphatic rings. The molecule has 0 atom stereocenters. The van der Waals surface area contributed by atoms with Crippen molar-refractivity contribution in [2.75, 3.05) is 0 Å². The van der Waals surface area contributed by atoms with Crippen molar-refractivity contribution < 1.29 is 0 Å². The molecule has 0 saturated heterocycles. The van der Waals surface area contributed by atoms with Gasteiger partial charge in [-0.15, -0.1) is 6.58 Å². The van der Waals surface area contributed by atoms with Crippen LogP contribution in [-0.4, -0.2) is 0 Å². The molecule has 0 bridgehead atoms. The van der Waals surface area contributed by atoms with Gasteiger partial charge in [-0.2, -0.15) is 0 Å². The third-order valence-corrected chi connectivity index (χ3v) is 5.70. The minimum absolute atomic E-state index is 0. The average Bonchev–Trinajstić information content (AvgIpc) is 3.04. The van der Waals surface area contributed by atoms with Crippen molar-refractivity contribution in [3.8, 4) is 22.3 Å². The van der Waals surface area contributed by atoms with E-state index in [1.165, 1.54) is 51.8 Å². The number of unbranched alkanes of at least 4 members (excludes halogenated alkanes) is 1. The number of hydrogen-bond acceptors (Lipinski definition) is 0. The fraction of sp³-hybridized carbons (Fsp3) is 0.333. The lowest BCUT2D eigenvalue weighted by molar-refractivity contribution is 0.886. The van der Waals surface area contributed by atoms with Gasteiger partial charge in [-0.05, 0) is 65.3 Å². The number of allylic oxidation sites excluding steroid dienone is 4. The summed E-state index contributed by atoms with van der Waals surface area (Å²) in [6, 6.07) is 38.2. The van der Waals surface area contributed by atoms with Gasteiger partial charge in [0.2, 0.25) is 0 Å². The van der Waals surface area contributed by atoms with Crippen LogP contribution < -0.4 is 0 Å². The van der Waals surface area contributed by atoms with E-state index in [1.807, 2.05) is 53.7 Å². The first-order valence-corrected chi connectivity index (χ1v) is 15.2. The van der Waals surface area contributed by atoms with E-state index in [2.05, 4.69) is 137 Å². The quantitative estimate of drug-likeness (QED) is 0.150. The van der Waals surface area contributed by atoms with E-state index >= 15 is 0 Å². The zero-order valence-electron chi connectivity index (χ0n) is 27.3. The Balaban J connectivity index is -0.000000292. The molecule has 0 radical (unpaired) electrons. The van der Waals surface area contributed by atoms with Gasteiger partial charge in [-0.3, -0.25) is 0 Å². The molecule has 4 aromatic carbocycles. The first kappa shape index (κ1) is 50.7. The van der Waals surface area contributed by atoms with E-state index in [1.54, 1.807) is 0 Å². The van der Waals surface area contributed by atoms with Gasteiger partial charge in [-0.25, -0.2) is 0 Å². The standard InChI is InChI=1S/C29H24.C4H8.C4H10.2C2H6.4CH4/c1-22(24-13-17-28(18-14-24)26-9-5-3-6-10-26)21-23(2)25-15-19-29(20-16-25)27-11-7-4-8-12-27;1-4(2)3;1-3-4-2;2*1-2;;;;/h3-21H,1H2,2H3;1H2,2-3H3;3-4H2,1-2H3;2*1-2H3;4*1H4/b23-21+;;;;;;;;. The minimum Gasteiger partial charge on any atom is -0.100 e. The molecule has 0 aromatic heterocycles. The Morgan fingerprint density at radius 3 is 1.02 bits per heavy atom. The lowest BCUT2D eigenvalue weighted by atomic mass is 9.97. The van der Waals surface area contributed by atoms with Gasteiger partial charge in [0.1, 0.15) is 0 Å². The Morgan fingerprint density at radius 1 is 0.467 bits per heavy atom. The van der Waals surface area contributed by atoms with Crippen LogP contribution in [-0.2, 0) is 0 Å². The van der Waals surface area contributed by atoms with Gasteiger partial charge in [0.25, 0.3) is 0 Å². The molecule has 4 rings (SSSR count). The van der Waals surface area contributed by atoms with Crippen molar-refractivity contribution in [2.45, 2.75) is 105 Å². The van der Waals surface area contributed by atoms with Crippen molar-refractivity contribution in [1.29, 1.82) is 0 Å². The predicted molar refractivity (Wildman–Crippen MR) is 217 cm³/mol. The Bertz CT molecular complexity index is 1230. The molecule has 0 heteroatoms. The summed E-state index contributed by atoms with van der Waals surface area (Å²) in [6.07, 6.45) is 4.80. The molecule has 0 fully saturated rings. The van der Waals surface area contributed by atoms with Gasteiger partial charge in [-0.1, -0.05) is 212 Å². The van der Waals surface area contributed by atoms with E-state index in [4.69, 9.17) is 0 Å². The van der Waals surface area contributed by atoms with Crippen LogP contribution in [0.1, 0.15) is 116 Å². The summed E-state index contributed by atoms with van der Waals surface area (Å²) >= 11 is 0. The molecule has 0 spiro atoms. The molecule has 0 nitrogen and oxygen atoms in total. The topological polar surface area (TPSA) is 0 Å². The van der Waals surface area contributed by atoms with Gasteiger partial charge in [0, 0.05) is 0 Å². The van der Waals surface area contributed by atoms with Crippen molar-refractivity contribution in [1.82, 2.24) is 0 Å². The molecule has 45 heavy (non-hydrogen) atoms. The second kappa shape index (κ2) is 31.5. The smallest absolute Gasteiger partial charge is 0.0184 e.